The topological polar surface area (TPSA) is 125 Å². The van der Waals surface area contributed by atoms with Crippen molar-refractivity contribution in [3.8, 4) is 28.6 Å². The third kappa shape index (κ3) is 2.74. The van der Waals surface area contributed by atoms with Gasteiger partial charge in [0.1, 0.15) is 5.69 Å². The Morgan fingerprint density at radius 3 is 2.83 bits per heavy atom. The monoisotopic (exact) mass is 403 g/mol. The van der Waals surface area contributed by atoms with Gasteiger partial charge in [-0.3, -0.25) is 9.36 Å². The van der Waals surface area contributed by atoms with Crippen molar-refractivity contribution < 1.29 is 4.74 Å². The van der Waals surface area contributed by atoms with E-state index in [0.29, 0.717) is 23.5 Å². The summed E-state index contributed by atoms with van der Waals surface area (Å²) >= 11 is 0. The minimum atomic E-state index is -0.403. The third-order valence-corrected chi connectivity index (χ3v) is 5.83. The van der Waals surface area contributed by atoms with Crippen molar-refractivity contribution in [3.05, 3.63) is 37.1 Å². The second-order valence-corrected chi connectivity index (χ2v) is 7.74. The van der Waals surface area contributed by atoms with Crippen LogP contribution in [0.15, 0.2) is 37.1 Å². The van der Waals surface area contributed by atoms with Crippen LogP contribution in [0.2, 0.25) is 0 Å². The smallest absolute Gasteiger partial charge is 0.155 e. The van der Waals surface area contributed by atoms with Crippen LogP contribution >= 0.6 is 0 Å². The Bertz CT molecular complexity index is 1270. The number of nitrogens with two attached hydrogens (primary N) is 1. The summed E-state index contributed by atoms with van der Waals surface area (Å²) < 4.78 is 10.8. The number of nitrogens with zero attached hydrogens (tertiary/aromatic N) is 8. The first-order valence-corrected chi connectivity index (χ1v) is 9.62. The maximum Gasteiger partial charge on any atom is 0.155 e. The lowest BCUT2D eigenvalue weighted by Gasteiger charge is -2.45. The predicted octanol–water partition coefficient (Wildman–Crippen LogP) is 1.99. The van der Waals surface area contributed by atoms with E-state index in [4.69, 9.17) is 15.5 Å². The molecular formula is C20H21N9O. The molecule has 4 aromatic rings. The summed E-state index contributed by atoms with van der Waals surface area (Å²) in [5.74, 6) is 0.368. The molecule has 1 saturated carbocycles. The second kappa shape index (κ2) is 6.67. The summed E-state index contributed by atoms with van der Waals surface area (Å²) in [6.45, 7) is 0. The van der Waals surface area contributed by atoms with Gasteiger partial charge in [0.15, 0.2) is 5.82 Å². The second-order valence-electron chi connectivity index (χ2n) is 7.74. The van der Waals surface area contributed by atoms with Crippen molar-refractivity contribution in [2.45, 2.75) is 30.9 Å². The van der Waals surface area contributed by atoms with Crippen molar-refractivity contribution in [2.24, 2.45) is 7.05 Å². The van der Waals surface area contributed by atoms with Crippen molar-refractivity contribution in [3.63, 3.8) is 0 Å². The molecule has 0 bridgehead atoms. The molecule has 0 saturated heterocycles. The normalized spacial score (nSPS) is 20.9. The molecule has 10 nitrogen and oxygen atoms in total. The molecule has 0 aromatic carbocycles. The summed E-state index contributed by atoms with van der Waals surface area (Å²) in [6, 6.07) is 4.17. The number of hydrogen-bond acceptors (Lipinski definition) is 7. The fourth-order valence-electron chi connectivity index (χ4n) is 4.14. The van der Waals surface area contributed by atoms with Crippen LogP contribution in [0.5, 0.6) is 0 Å². The van der Waals surface area contributed by atoms with Crippen LogP contribution in [0.4, 0.5) is 5.82 Å². The molecule has 0 spiro atoms. The molecular weight excluding hydrogens is 382 g/mol. The molecule has 4 aromatic heterocycles. The number of aryl methyl sites for hydroxylation is 1. The Kier molecular flexibility index (Phi) is 4.08. The van der Waals surface area contributed by atoms with Gasteiger partial charge in [-0.05, 0) is 18.9 Å². The lowest BCUT2D eigenvalue weighted by atomic mass is 9.72. The van der Waals surface area contributed by atoms with Gasteiger partial charge in [0, 0.05) is 32.1 Å². The first-order chi connectivity index (χ1) is 14.5. The fraction of sp³-hybridized carbons (Fsp3) is 0.350. The average Bonchev–Trinajstić information content (AvgIpc) is 3.43. The molecule has 0 aliphatic heterocycles. The highest BCUT2D eigenvalue weighted by Crippen LogP contribution is 2.44. The summed E-state index contributed by atoms with van der Waals surface area (Å²) in [5, 5.41) is 22.5. The van der Waals surface area contributed by atoms with E-state index in [9.17, 15) is 5.26 Å². The van der Waals surface area contributed by atoms with Crippen LogP contribution in [0.3, 0.4) is 0 Å². The zero-order chi connectivity index (χ0) is 20.9. The highest BCUT2D eigenvalue weighted by atomic mass is 16.5. The van der Waals surface area contributed by atoms with Gasteiger partial charge in [-0.25, -0.2) is 9.50 Å². The van der Waals surface area contributed by atoms with E-state index in [1.54, 1.807) is 28.7 Å². The lowest BCUT2D eigenvalue weighted by Crippen LogP contribution is -2.50. The molecule has 0 radical (unpaired) electrons. The summed E-state index contributed by atoms with van der Waals surface area (Å²) in [5.41, 5.74) is 9.77. The average molecular weight is 403 g/mol. The summed E-state index contributed by atoms with van der Waals surface area (Å²) in [7, 11) is 3.55. The van der Waals surface area contributed by atoms with Crippen LogP contribution in [0.25, 0.3) is 28.0 Å². The summed E-state index contributed by atoms with van der Waals surface area (Å²) in [6.07, 6.45) is 11.1. The predicted molar refractivity (Wildman–Crippen MR) is 109 cm³/mol. The Hall–Kier alpha value is -3.71. The standard InChI is InChI=1S/C20H21N9O/c1-27-10-13(9-24-27)16-12-28-17(3-6-23-28)18(25-16)15-11-29(26-19(15)22)20(4-5-21)7-14(8-20)30-2/h3,6,9-12,14H,4,7-8H2,1-2H3,(H2,22,26)/t14-,20+. The van der Waals surface area contributed by atoms with Gasteiger partial charge in [0.25, 0.3) is 0 Å². The molecule has 1 aliphatic rings. The van der Waals surface area contributed by atoms with Crippen LogP contribution in [-0.4, -0.2) is 47.4 Å². The number of anilines is 1. The number of fused-ring (bicyclic) bond motifs is 1. The molecule has 5 rings (SSSR count). The van der Waals surface area contributed by atoms with Gasteiger partial charge < -0.3 is 10.5 Å². The van der Waals surface area contributed by atoms with Crippen LogP contribution in [0, 0.1) is 11.3 Å². The summed E-state index contributed by atoms with van der Waals surface area (Å²) in [4.78, 5) is 4.87. The van der Waals surface area contributed by atoms with Crippen LogP contribution < -0.4 is 5.73 Å². The van der Waals surface area contributed by atoms with E-state index < -0.39 is 5.54 Å². The fourth-order valence-corrected chi connectivity index (χ4v) is 4.14. The van der Waals surface area contributed by atoms with Gasteiger partial charge in [0.2, 0.25) is 0 Å². The molecule has 10 heteroatoms. The minimum absolute atomic E-state index is 0.126. The minimum Gasteiger partial charge on any atom is -0.382 e. The van der Waals surface area contributed by atoms with Crippen molar-refractivity contribution >= 4 is 11.3 Å². The van der Waals surface area contributed by atoms with E-state index in [2.05, 4.69) is 21.4 Å². The maximum atomic E-state index is 9.36. The van der Waals surface area contributed by atoms with Crippen molar-refractivity contribution in [2.75, 3.05) is 12.8 Å². The molecule has 0 unspecified atom stereocenters. The van der Waals surface area contributed by atoms with Gasteiger partial charge in [-0.15, -0.1) is 0 Å². The van der Waals surface area contributed by atoms with Gasteiger partial charge in [-0.1, -0.05) is 0 Å². The van der Waals surface area contributed by atoms with Crippen molar-refractivity contribution in [1.29, 1.82) is 5.26 Å². The quantitative estimate of drug-likeness (QED) is 0.540. The largest absolute Gasteiger partial charge is 0.382 e. The molecule has 0 atom stereocenters. The molecule has 1 fully saturated rings. The zero-order valence-corrected chi connectivity index (χ0v) is 16.7. The van der Waals surface area contributed by atoms with E-state index in [-0.39, 0.29) is 6.10 Å². The lowest BCUT2D eigenvalue weighted by molar-refractivity contribution is -0.0540. The molecule has 30 heavy (non-hydrogen) atoms. The van der Waals surface area contributed by atoms with E-state index in [0.717, 1.165) is 29.6 Å². The highest BCUT2D eigenvalue weighted by molar-refractivity contribution is 5.83. The van der Waals surface area contributed by atoms with E-state index in [1.807, 2.05) is 36.4 Å². The van der Waals surface area contributed by atoms with Gasteiger partial charge >= 0.3 is 0 Å². The van der Waals surface area contributed by atoms with Crippen LogP contribution in [-0.2, 0) is 17.3 Å². The Balaban J connectivity index is 1.63. The van der Waals surface area contributed by atoms with E-state index >= 15 is 0 Å². The first-order valence-electron chi connectivity index (χ1n) is 9.62. The number of nitrogen functional groups attached to an aromatic ring is 1. The number of nitriles is 1. The molecule has 4 heterocycles. The number of hydrogen-bond donors (Lipinski definition) is 1. The van der Waals surface area contributed by atoms with E-state index in [1.165, 1.54) is 0 Å². The number of rotatable bonds is 5. The van der Waals surface area contributed by atoms with Gasteiger partial charge in [0.05, 0.1) is 59.5 Å². The Morgan fingerprint density at radius 2 is 2.13 bits per heavy atom. The number of methoxy groups -OCH3 is 1. The number of aromatic nitrogens is 7. The Labute approximate surface area is 172 Å². The zero-order valence-electron chi connectivity index (χ0n) is 16.7. The first kappa shape index (κ1) is 18.3. The Morgan fingerprint density at radius 1 is 1.30 bits per heavy atom. The molecule has 0 amide bonds. The van der Waals surface area contributed by atoms with Gasteiger partial charge in [-0.2, -0.15) is 20.6 Å². The number of ether oxygens (including phenoxy) is 1. The van der Waals surface area contributed by atoms with Crippen molar-refractivity contribution in [1.82, 2.24) is 34.2 Å². The van der Waals surface area contributed by atoms with Crippen LogP contribution in [0.1, 0.15) is 19.3 Å². The highest BCUT2D eigenvalue weighted by Gasteiger charge is 2.47. The molecule has 2 N–H and O–H groups in total. The molecule has 1 aliphatic carbocycles. The maximum absolute atomic E-state index is 9.36. The third-order valence-electron chi connectivity index (χ3n) is 5.83. The molecule has 152 valence electrons. The SMILES string of the molecule is CO[C@H]1C[C@@](CC#N)(n2cc(-c3nc(-c4cnn(C)c4)cn4nccc34)c(N)n2)C1.